The summed E-state index contributed by atoms with van der Waals surface area (Å²) < 4.78 is 9.79. The van der Waals surface area contributed by atoms with E-state index >= 15 is 0 Å². The van der Waals surface area contributed by atoms with Gasteiger partial charge in [-0.1, -0.05) is 164 Å². The van der Waals surface area contributed by atoms with Crippen LogP contribution in [0, 0.1) is 0 Å². The van der Waals surface area contributed by atoms with Crippen LogP contribution < -0.4 is 9.64 Å². The van der Waals surface area contributed by atoms with Gasteiger partial charge >= 0.3 is 0 Å². The molecule has 3 unspecified atom stereocenters. The fourth-order valence-electron chi connectivity index (χ4n) is 10.3. The predicted molar refractivity (Wildman–Crippen MR) is 244 cm³/mol. The highest BCUT2D eigenvalue weighted by Gasteiger charge is 2.48. The minimum atomic E-state index is -0.522. The Bertz CT molecular complexity index is 3140. The van der Waals surface area contributed by atoms with Gasteiger partial charge in [0.05, 0.1) is 27.9 Å². The van der Waals surface area contributed by atoms with Gasteiger partial charge in [-0.05, 0) is 88.8 Å². The maximum Gasteiger partial charge on any atom is 0.141 e. The topological polar surface area (TPSA) is 17.4 Å². The fourth-order valence-corrected chi connectivity index (χ4v) is 10.3. The number of rotatable bonds is 5. The number of para-hydroxylation sites is 1. The van der Waals surface area contributed by atoms with E-state index in [2.05, 4.69) is 229 Å². The average Bonchev–Trinajstić information content (AvgIpc) is 3.83. The number of hydrogen-bond donors (Lipinski definition) is 0. The summed E-state index contributed by atoms with van der Waals surface area (Å²) in [5.74, 6) is 1.99. The summed E-state index contributed by atoms with van der Waals surface area (Å²) in [4.78, 5) is 2.55. The van der Waals surface area contributed by atoms with Gasteiger partial charge in [0.1, 0.15) is 11.5 Å². The van der Waals surface area contributed by atoms with Crippen molar-refractivity contribution in [3.8, 4) is 39.4 Å². The van der Waals surface area contributed by atoms with Gasteiger partial charge in [0.2, 0.25) is 0 Å². The lowest BCUT2D eigenvalue weighted by atomic mass is 9.66. The lowest BCUT2D eigenvalue weighted by Gasteiger charge is -2.40. The van der Waals surface area contributed by atoms with E-state index in [0.717, 1.165) is 33.6 Å². The number of fused-ring (bicyclic) bond motifs is 10. The molecule has 0 spiro atoms. The molecule has 1 aliphatic carbocycles. The lowest BCUT2D eigenvalue weighted by molar-refractivity contribution is 0.430. The Morgan fingerprint density at radius 2 is 1.19 bits per heavy atom. The smallest absolute Gasteiger partial charge is 0.141 e. The molecular formula is C56H40N2O. The second kappa shape index (κ2) is 13.1. The maximum absolute atomic E-state index is 7.39. The van der Waals surface area contributed by atoms with Crippen molar-refractivity contribution >= 4 is 33.2 Å². The van der Waals surface area contributed by atoms with Crippen LogP contribution in [0.3, 0.4) is 0 Å². The third-order valence-corrected chi connectivity index (χ3v) is 13.0. The molecule has 0 saturated heterocycles. The van der Waals surface area contributed by atoms with Crippen molar-refractivity contribution in [3.05, 3.63) is 235 Å². The van der Waals surface area contributed by atoms with Crippen LogP contribution in [0.15, 0.2) is 212 Å². The maximum atomic E-state index is 7.39. The first-order valence-electron chi connectivity index (χ1n) is 20.6. The summed E-state index contributed by atoms with van der Waals surface area (Å²) >= 11 is 0. The Morgan fingerprint density at radius 3 is 1.97 bits per heavy atom. The molecule has 0 radical (unpaired) electrons. The van der Waals surface area contributed by atoms with Crippen molar-refractivity contribution in [2.45, 2.75) is 24.3 Å². The van der Waals surface area contributed by atoms with Crippen LogP contribution in [0.4, 0.5) is 11.4 Å². The highest BCUT2D eigenvalue weighted by Crippen LogP contribution is 2.61. The van der Waals surface area contributed by atoms with Gasteiger partial charge in [-0.3, -0.25) is 0 Å². The average molecular weight is 757 g/mol. The number of hydrogen-bond acceptors (Lipinski definition) is 2. The largest absolute Gasteiger partial charge is 0.456 e. The zero-order valence-electron chi connectivity index (χ0n) is 32.7. The van der Waals surface area contributed by atoms with Gasteiger partial charge in [0, 0.05) is 39.5 Å². The number of allylic oxidation sites excluding steroid dienone is 2. The molecule has 0 bridgehead atoms. The molecule has 3 atom stereocenters. The number of ether oxygens (including phenoxy) is 1. The Kier molecular flexibility index (Phi) is 7.49. The molecule has 3 heterocycles. The molecule has 59 heavy (non-hydrogen) atoms. The van der Waals surface area contributed by atoms with Crippen molar-refractivity contribution in [2.75, 3.05) is 4.90 Å². The Labute approximate surface area is 344 Å². The van der Waals surface area contributed by atoms with E-state index in [1.807, 2.05) is 0 Å². The minimum absolute atomic E-state index is 0.127. The summed E-state index contributed by atoms with van der Waals surface area (Å²) in [5, 5.41) is 2.31. The van der Waals surface area contributed by atoms with Crippen LogP contribution in [0.5, 0.6) is 11.5 Å². The van der Waals surface area contributed by atoms with E-state index in [9.17, 15) is 0 Å². The third-order valence-electron chi connectivity index (χ3n) is 13.0. The molecule has 9 aromatic rings. The summed E-state index contributed by atoms with van der Waals surface area (Å²) in [7, 11) is 0. The molecule has 0 N–H and O–H groups in total. The lowest BCUT2D eigenvalue weighted by Crippen LogP contribution is -2.31. The summed E-state index contributed by atoms with van der Waals surface area (Å²) in [6, 6.07) is 68.4. The molecule has 280 valence electrons. The van der Waals surface area contributed by atoms with E-state index in [4.69, 9.17) is 4.74 Å². The minimum Gasteiger partial charge on any atom is -0.456 e. The zero-order valence-corrected chi connectivity index (χ0v) is 32.7. The Morgan fingerprint density at radius 1 is 0.525 bits per heavy atom. The van der Waals surface area contributed by atoms with Gasteiger partial charge in [-0.15, -0.1) is 0 Å². The van der Waals surface area contributed by atoms with Crippen LogP contribution in [0.25, 0.3) is 49.7 Å². The molecule has 1 aromatic heterocycles. The van der Waals surface area contributed by atoms with Crippen molar-refractivity contribution in [1.29, 1.82) is 0 Å². The van der Waals surface area contributed by atoms with Gasteiger partial charge < -0.3 is 14.2 Å². The quantitative estimate of drug-likeness (QED) is 0.174. The fraction of sp³-hybridized carbons (Fsp3) is 0.0714. The first kappa shape index (κ1) is 33.7. The van der Waals surface area contributed by atoms with Crippen molar-refractivity contribution in [3.63, 3.8) is 0 Å². The standard InChI is InChI=1S/C56H40N2O/c1-56(41-21-9-4-10-22-41)46-32-33-50-53(45-25-12-14-27-48(45)57(50)42-30-28-39(29-31-42)37-16-5-2-6-17-37)55(46)59-51-35-34-49-52(54(51)56)44-24-11-13-26-47(44)58(49)43-23-15-20-40(36-43)38-18-7-3-8-19-38/h2-36,44,47H,1H3. The van der Waals surface area contributed by atoms with Gasteiger partial charge in [0.15, 0.2) is 0 Å². The van der Waals surface area contributed by atoms with E-state index in [0.29, 0.717) is 0 Å². The number of nitrogens with zero attached hydrogens (tertiary/aromatic N) is 2. The molecule has 3 nitrogen and oxygen atoms in total. The Balaban J connectivity index is 1.07. The second-order valence-electron chi connectivity index (χ2n) is 16.1. The van der Waals surface area contributed by atoms with Crippen molar-refractivity contribution < 1.29 is 4.74 Å². The van der Waals surface area contributed by atoms with Crippen LogP contribution >= 0.6 is 0 Å². The molecule has 0 amide bonds. The van der Waals surface area contributed by atoms with Crippen LogP contribution in [0.1, 0.15) is 35.1 Å². The zero-order chi connectivity index (χ0) is 39.1. The number of benzene rings is 8. The first-order chi connectivity index (χ1) is 29.2. The van der Waals surface area contributed by atoms with Crippen molar-refractivity contribution in [1.82, 2.24) is 4.57 Å². The first-order valence-corrected chi connectivity index (χ1v) is 20.6. The number of aromatic nitrogens is 1. The van der Waals surface area contributed by atoms with Crippen LogP contribution in [0.2, 0.25) is 0 Å². The van der Waals surface area contributed by atoms with Crippen LogP contribution in [-0.4, -0.2) is 10.6 Å². The molecule has 2 aliphatic heterocycles. The van der Waals surface area contributed by atoms with E-state index < -0.39 is 5.41 Å². The molecule has 0 saturated carbocycles. The molecule has 3 heteroatoms. The predicted octanol–water partition coefficient (Wildman–Crippen LogP) is 14.3. The SMILES string of the molecule is CC1(c2ccccc2)c2ccc3c(c2Oc2ccc4c(c21)C1C=CC=CC1N4c1cccc(-c2ccccc2)c1)c1ccccc1n3-c1ccc(-c2ccccc2)cc1. The van der Waals surface area contributed by atoms with E-state index in [-0.39, 0.29) is 12.0 Å². The molecule has 8 aromatic carbocycles. The van der Waals surface area contributed by atoms with Gasteiger partial charge in [-0.2, -0.15) is 0 Å². The van der Waals surface area contributed by atoms with Gasteiger partial charge in [0.25, 0.3) is 0 Å². The Hall–Kier alpha value is -7.36. The van der Waals surface area contributed by atoms with Gasteiger partial charge in [-0.25, -0.2) is 0 Å². The highest BCUT2D eigenvalue weighted by atomic mass is 16.5. The van der Waals surface area contributed by atoms with E-state index in [1.165, 1.54) is 61.3 Å². The summed E-state index contributed by atoms with van der Waals surface area (Å²) in [5.41, 5.74) is 15.1. The molecule has 12 rings (SSSR count). The molecule has 3 aliphatic rings. The van der Waals surface area contributed by atoms with Crippen LogP contribution in [-0.2, 0) is 5.41 Å². The monoisotopic (exact) mass is 756 g/mol. The summed E-state index contributed by atoms with van der Waals surface area (Å²) in [6.07, 6.45) is 9.19. The molecule has 0 fully saturated rings. The summed E-state index contributed by atoms with van der Waals surface area (Å²) in [6.45, 7) is 2.42. The normalized spacial score (nSPS) is 18.6. The highest BCUT2D eigenvalue weighted by molar-refractivity contribution is 6.13. The van der Waals surface area contributed by atoms with Crippen molar-refractivity contribution in [2.24, 2.45) is 0 Å². The molecular weight excluding hydrogens is 717 g/mol. The second-order valence-corrected chi connectivity index (χ2v) is 16.1. The number of anilines is 2. The third kappa shape index (κ3) is 5.01. The van der Waals surface area contributed by atoms with E-state index in [1.54, 1.807) is 0 Å².